The van der Waals surface area contributed by atoms with Crippen molar-refractivity contribution in [1.29, 1.82) is 0 Å². The monoisotopic (exact) mass is 523 g/mol. The second-order valence-corrected chi connectivity index (χ2v) is 10.7. The number of benzene rings is 3. The summed E-state index contributed by atoms with van der Waals surface area (Å²) in [5, 5.41) is 9.29. The van der Waals surface area contributed by atoms with Crippen LogP contribution in [0.2, 0.25) is 5.02 Å². The van der Waals surface area contributed by atoms with Crippen molar-refractivity contribution in [1.82, 2.24) is 3.97 Å². The van der Waals surface area contributed by atoms with E-state index in [-0.39, 0.29) is 12.0 Å². The smallest absolute Gasteiger partial charge is 0.335 e. The number of fused-ring (bicyclic) bond motifs is 2. The zero-order chi connectivity index (χ0) is 25.4. The van der Waals surface area contributed by atoms with E-state index in [9.17, 15) is 18.3 Å². The van der Waals surface area contributed by atoms with Gasteiger partial charge in [0.25, 0.3) is 0 Å². The van der Waals surface area contributed by atoms with Gasteiger partial charge in [0.1, 0.15) is 18.5 Å². The fourth-order valence-corrected chi connectivity index (χ4v) is 6.42. The molecule has 5 rings (SSSR count). The van der Waals surface area contributed by atoms with E-state index >= 15 is 0 Å². The van der Waals surface area contributed by atoms with Gasteiger partial charge in [-0.25, -0.2) is 17.2 Å². The van der Waals surface area contributed by atoms with Gasteiger partial charge in [-0.15, -0.1) is 6.58 Å². The molecular weight excluding hydrogens is 502 g/mol. The molecule has 7 nitrogen and oxygen atoms in total. The average Bonchev–Trinajstić information content (AvgIpc) is 3.22. The number of carboxylic acid groups (broad SMARTS) is 1. The summed E-state index contributed by atoms with van der Waals surface area (Å²) in [6.07, 6.45) is 1.66. The van der Waals surface area contributed by atoms with Crippen molar-refractivity contribution >= 4 is 38.5 Å². The van der Waals surface area contributed by atoms with E-state index in [4.69, 9.17) is 21.1 Å². The van der Waals surface area contributed by atoms with E-state index in [1.165, 1.54) is 22.2 Å². The molecule has 0 aliphatic carbocycles. The van der Waals surface area contributed by atoms with Crippen LogP contribution in [0.15, 0.2) is 79.4 Å². The van der Waals surface area contributed by atoms with E-state index in [0.29, 0.717) is 51.9 Å². The zero-order valence-corrected chi connectivity index (χ0v) is 20.6. The number of carbonyl (C=O) groups is 1. The highest BCUT2D eigenvalue weighted by atomic mass is 35.5. The number of hydrogen-bond donors (Lipinski definition) is 1. The number of aromatic carboxylic acids is 1. The van der Waals surface area contributed by atoms with Crippen LogP contribution in [0.5, 0.6) is 11.5 Å². The number of rotatable bonds is 7. The van der Waals surface area contributed by atoms with E-state index in [2.05, 4.69) is 6.58 Å². The van der Waals surface area contributed by atoms with E-state index in [1.54, 1.807) is 54.6 Å². The number of aromatic nitrogens is 1. The van der Waals surface area contributed by atoms with Gasteiger partial charge in [0.15, 0.2) is 11.5 Å². The summed E-state index contributed by atoms with van der Waals surface area (Å²) in [6.45, 7) is 4.64. The lowest BCUT2D eigenvalue weighted by Crippen LogP contribution is -2.22. The van der Waals surface area contributed by atoms with Crippen LogP contribution >= 0.6 is 11.6 Å². The van der Waals surface area contributed by atoms with Crippen molar-refractivity contribution in [3.63, 3.8) is 0 Å². The maximum absolute atomic E-state index is 14.2. The SMILES string of the molecule is C=CC(c1ccc2c(c1)OCCO2)S(=O)(=O)n1c(Cc2ccc(C(=O)O)cc2)cc2cc(Cl)ccc21. The molecule has 0 saturated heterocycles. The van der Waals surface area contributed by atoms with Crippen LogP contribution in [0.4, 0.5) is 0 Å². The third-order valence-corrected chi connectivity index (χ3v) is 8.34. The Morgan fingerprint density at radius 2 is 1.75 bits per heavy atom. The van der Waals surface area contributed by atoms with Crippen LogP contribution < -0.4 is 9.47 Å². The zero-order valence-electron chi connectivity index (χ0n) is 19.1. The largest absolute Gasteiger partial charge is 0.486 e. The second-order valence-electron chi connectivity index (χ2n) is 8.39. The van der Waals surface area contributed by atoms with Crippen LogP contribution in [0.1, 0.15) is 32.4 Å². The molecule has 1 atom stereocenters. The minimum absolute atomic E-state index is 0.157. The first kappa shape index (κ1) is 24.0. The Morgan fingerprint density at radius 3 is 2.44 bits per heavy atom. The van der Waals surface area contributed by atoms with Gasteiger partial charge in [-0.05, 0) is 59.7 Å². The molecule has 0 radical (unpaired) electrons. The summed E-state index contributed by atoms with van der Waals surface area (Å²) < 4.78 is 40.9. The number of ether oxygens (including phenoxy) is 2. The van der Waals surface area contributed by atoms with Gasteiger partial charge < -0.3 is 14.6 Å². The number of carboxylic acids is 1. The normalized spacial score (nSPS) is 13.9. The highest BCUT2D eigenvalue weighted by Gasteiger charge is 2.31. The Morgan fingerprint density at radius 1 is 1.03 bits per heavy atom. The maximum atomic E-state index is 14.2. The fraction of sp³-hybridized carbons (Fsp3) is 0.148. The summed E-state index contributed by atoms with van der Waals surface area (Å²) >= 11 is 6.20. The van der Waals surface area contributed by atoms with Gasteiger partial charge in [-0.2, -0.15) is 0 Å². The molecule has 1 unspecified atom stereocenters. The van der Waals surface area contributed by atoms with Crippen molar-refractivity contribution in [3.05, 3.63) is 107 Å². The van der Waals surface area contributed by atoms with Gasteiger partial charge in [-0.3, -0.25) is 0 Å². The Balaban J connectivity index is 1.62. The molecule has 0 bridgehead atoms. The van der Waals surface area contributed by atoms with Crippen LogP contribution in [0, 0.1) is 0 Å². The number of hydrogen-bond acceptors (Lipinski definition) is 5. The van der Waals surface area contributed by atoms with Crippen LogP contribution in [0.3, 0.4) is 0 Å². The van der Waals surface area contributed by atoms with Gasteiger partial charge in [0, 0.05) is 22.5 Å². The molecule has 1 N–H and O–H groups in total. The van der Waals surface area contributed by atoms with E-state index < -0.39 is 21.2 Å². The third kappa shape index (κ3) is 4.34. The first-order chi connectivity index (χ1) is 17.3. The van der Waals surface area contributed by atoms with E-state index in [0.717, 1.165) is 5.56 Å². The number of halogens is 1. The highest BCUT2D eigenvalue weighted by Crippen LogP contribution is 2.37. The average molecular weight is 524 g/mol. The minimum atomic E-state index is -4.03. The van der Waals surface area contributed by atoms with Crippen LogP contribution in [-0.4, -0.2) is 36.7 Å². The molecule has 1 aliphatic heterocycles. The third-order valence-electron chi connectivity index (χ3n) is 6.06. The lowest BCUT2D eigenvalue weighted by molar-refractivity contribution is 0.0697. The molecule has 2 heterocycles. The van der Waals surface area contributed by atoms with Gasteiger partial charge in [-0.1, -0.05) is 35.9 Å². The molecule has 36 heavy (non-hydrogen) atoms. The maximum Gasteiger partial charge on any atom is 0.335 e. The number of nitrogens with zero attached hydrogens (tertiary/aromatic N) is 1. The first-order valence-electron chi connectivity index (χ1n) is 11.2. The quantitative estimate of drug-likeness (QED) is 0.323. The molecule has 1 aromatic heterocycles. The molecule has 1 aliphatic rings. The summed E-state index contributed by atoms with van der Waals surface area (Å²) in [5.41, 5.74) is 2.42. The fourth-order valence-electron chi connectivity index (χ4n) is 4.40. The summed E-state index contributed by atoms with van der Waals surface area (Å²) in [7, 11) is -4.03. The van der Waals surface area contributed by atoms with Gasteiger partial charge >= 0.3 is 5.97 Å². The van der Waals surface area contributed by atoms with Crippen molar-refractivity contribution in [2.45, 2.75) is 11.7 Å². The molecule has 0 amide bonds. The Bertz CT molecular complexity index is 1590. The Hall–Kier alpha value is -3.75. The van der Waals surface area contributed by atoms with Crippen LogP contribution in [0.25, 0.3) is 10.9 Å². The lowest BCUT2D eigenvalue weighted by atomic mass is 10.1. The van der Waals surface area contributed by atoms with E-state index in [1.807, 2.05) is 0 Å². The molecule has 9 heteroatoms. The molecule has 0 fully saturated rings. The molecule has 3 aromatic carbocycles. The molecule has 4 aromatic rings. The molecule has 184 valence electrons. The second kappa shape index (κ2) is 9.37. The Kier molecular flexibility index (Phi) is 6.24. The molecule has 0 spiro atoms. The minimum Gasteiger partial charge on any atom is -0.486 e. The van der Waals surface area contributed by atoms with Crippen molar-refractivity contribution < 1.29 is 27.8 Å². The molecule has 0 saturated carbocycles. The van der Waals surface area contributed by atoms with Crippen molar-refractivity contribution in [2.24, 2.45) is 0 Å². The summed E-state index contributed by atoms with van der Waals surface area (Å²) in [4.78, 5) is 11.2. The topological polar surface area (TPSA) is 94.8 Å². The lowest BCUT2D eigenvalue weighted by Gasteiger charge is -2.22. The van der Waals surface area contributed by atoms with Crippen LogP contribution in [-0.2, 0) is 16.4 Å². The Labute approximate surface area is 213 Å². The summed E-state index contributed by atoms with van der Waals surface area (Å²) in [6, 6.07) is 18.2. The standard InChI is InChI=1S/C27H22ClNO6S/c1-2-26(19-7-10-24-25(16-19)35-12-11-34-24)36(32,33)29-22(15-20-14-21(28)8-9-23(20)29)13-17-3-5-18(6-4-17)27(30)31/h2-10,14-16,26H,1,11-13H2,(H,30,31). The van der Waals surface area contributed by atoms with Gasteiger partial charge in [0.05, 0.1) is 11.1 Å². The van der Waals surface area contributed by atoms with Gasteiger partial charge in [0.2, 0.25) is 10.0 Å². The highest BCUT2D eigenvalue weighted by molar-refractivity contribution is 7.90. The van der Waals surface area contributed by atoms with Crippen molar-refractivity contribution in [2.75, 3.05) is 13.2 Å². The van der Waals surface area contributed by atoms with Crippen molar-refractivity contribution in [3.8, 4) is 11.5 Å². The predicted octanol–water partition coefficient (Wildman–Crippen LogP) is 5.46. The molecular formula is C27H22ClNO6S. The predicted molar refractivity (Wildman–Crippen MR) is 138 cm³/mol. The summed E-state index contributed by atoms with van der Waals surface area (Å²) in [5.74, 6) is 0.0292. The first-order valence-corrected chi connectivity index (χ1v) is 13.0.